The number of nitrogens with zero attached hydrogens (tertiary/aromatic N) is 2. The van der Waals surface area contributed by atoms with Crippen molar-refractivity contribution < 1.29 is 0 Å². The summed E-state index contributed by atoms with van der Waals surface area (Å²) in [7, 11) is 0. The van der Waals surface area contributed by atoms with Gasteiger partial charge in [-0.1, -0.05) is 58.4 Å². The minimum Gasteiger partial charge on any atom is -0.266 e. The van der Waals surface area contributed by atoms with Crippen LogP contribution in [0.15, 0.2) is 63.9 Å². The molecule has 0 fully saturated rings. The fourth-order valence-electron chi connectivity index (χ4n) is 2.00. The number of benzene rings is 2. The maximum Gasteiger partial charge on any atom is 0.286 e. The van der Waals surface area contributed by atoms with Gasteiger partial charge in [-0.3, -0.25) is 4.79 Å². The molecule has 1 N–H and O–H groups in total. The highest BCUT2D eigenvalue weighted by molar-refractivity contribution is 9.10. The van der Waals surface area contributed by atoms with Crippen LogP contribution in [0.5, 0.6) is 0 Å². The van der Waals surface area contributed by atoms with Crippen molar-refractivity contribution in [2.24, 2.45) is 0 Å². The molecular formula is C16H12BrN3O. The lowest BCUT2D eigenvalue weighted by atomic mass is 10.1. The predicted octanol–water partition coefficient (Wildman–Crippen LogP) is 3.19. The molecule has 0 bridgehead atoms. The lowest BCUT2D eigenvalue weighted by molar-refractivity contribution is 0.883. The number of halogens is 1. The summed E-state index contributed by atoms with van der Waals surface area (Å²) in [4.78, 5) is 16.3. The molecule has 1 aromatic heterocycles. The highest BCUT2D eigenvalue weighted by atomic mass is 79.9. The molecule has 0 unspecified atom stereocenters. The summed E-state index contributed by atoms with van der Waals surface area (Å²) >= 11 is 3.39. The summed E-state index contributed by atoms with van der Waals surface area (Å²) in [5.41, 5.74) is 2.12. The summed E-state index contributed by atoms with van der Waals surface area (Å²) < 4.78 is 1.01. The van der Waals surface area contributed by atoms with E-state index in [1.54, 1.807) is 0 Å². The third-order valence-corrected chi connectivity index (χ3v) is 3.61. The van der Waals surface area contributed by atoms with Crippen molar-refractivity contribution in [1.82, 2.24) is 15.2 Å². The van der Waals surface area contributed by atoms with E-state index in [2.05, 4.69) is 31.1 Å². The number of hydrogen-bond donors (Lipinski definition) is 1. The van der Waals surface area contributed by atoms with Crippen LogP contribution in [0.25, 0.3) is 11.4 Å². The van der Waals surface area contributed by atoms with E-state index in [9.17, 15) is 4.79 Å². The molecule has 0 spiro atoms. The number of nitrogens with one attached hydrogen (secondary N) is 1. The van der Waals surface area contributed by atoms with E-state index >= 15 is 0 Å². The largest absolute Gasteiger partial charge is 0.286 e. The zero-order valence-corrected chi connectivity index (χ0v) is 12.7. The van der Waals surface area contributed by atoms with Crippen LogP contribution in [0.1, 0.15) is 11.3 Å². The van der Waals surface area contributed by atoms with Gasteiger partial charge in [-0.15, -0.1) is 0 Å². The highest BCUT2D eigenvalue weighted by Gasteiger charge is 2.08. The molecule has 2 aromatic carbocycles. The average Bonchev–Trinajstić information content (AvgIpc) is 2.52. The van der Waals surface area contributed by atoms with E-state index in [1.807, 2.05) is 54.6 Å². The van der Waals surface area contributed by atoms with Crippen molar-refractivity contribution in [2.75, 3.05) is 0 Å². The zero-order valence-electron chi connectivity index (χ0n) is 11.1. The van der Waals surface area contributed by atoms with Gasteiger partial charge < -0.3 is 0 Å². The number of aromatic amines is 1. The highest BCUT2D eigenvalue weighted by Crippen LogP contribution is 2.14. The fraction of sp³-hybridized carbons (Fsp3) is 0.0625. The van der Waals surface area contributed by atoms with E-state index in [0.717, 1.165) is 15.6 Å². The fourth-order valence-corrected chi connectivity index (χ4v) is 2.27. The Morgan fingerprint density at radius 3 is 2.43 bits per heavy atom. The summed E-state index contributed by atoms with van der Waals surface area (Å²) in [6, 6.07) is 17.4. The van der Waals surface area contributed by atoms with Crippen LogP contribution < -0.4 is 5.56 Å². The Balaban J connectivity index is 1.95. The molecule has 0 aliphatic heterocycles. The quantitative estimate of drug-likeness (QED) is 0.795. The zero-order chi connectivity index (χ0) is 14.7. The second-order valence-electron chi connectivity index (χ2n) is 4.60. The molecule has 3 aromatic rings. The SMILES string of the molecule is O=c1[nH]nc(-c2ccccc2)nc1Cc1ccc(Br)cc1. The number of H-pyrrole nitrogens is 1. The Kier molecular flexibility index (Phi) is 3.92. The number of aromatic nitrogens is 3. The Morgan fingerprint density at radius 2 is 1.71 bits per heavy atom. The first-order valence-electron chi connectivity index (χ1n) is 6.48. The van der Waals surface area contributed by atoms with E-state index in [-0.39, 0.29) is 5.56 Å². The van der Waals surface area contributed by atoms with Gasteiger partial charge >= 0.3 is 0 Å². The first-order chi connectivity index (χ1) is 10.2. The molecule has 4 nitrogen and oxygen atoms in total. The topological polar surface area (TPSA) is 58.6 Å². The molecule has 0 saturated heterocycles. The Labute approximate surface area is 130 Å². The predicted molar refractivity (Wildman–Crippen MR) is 85.0 cm³/mol. The van der Waals surface area contributed by atoms with Crippen LogP contribution in [0.2, 0.25) is 0 Å². The van der Waals surface area contributed by atoms with E-state index in [1.165, 1.54) is 0 Å². The molecule has 0 saturated carbocycles. The molecule has 0 radical (unpaired) electrons. The standard InChI is InChI=1S/C16H12BrN3O/c17-13-8-6-11(7-9-13)10-14-16(21)20-19-15(18-14)12-4-2-1-3-5-12/h1-9H,10H2,(H,20,21). The van der Waals surface area contributed by atoms with Gasteiger partial charge in [-0.25, -0.2) is 10.1 Å². The molecule has 3 rings (SSSR count). The number of hydrogen-bond acceptors (Lipinski definition) is 3. The maximum absolute atomic E-state index is 11.9. The van der Waals surface area contributed by atoms with Crippen molar-refractivity contribution in [3.05, 3.63) is 80.7 Å². The first-order valence-corrected chi connectivity index (χ1v) is 7.27. The lowest BCUT2D eigenvalue weighted by Gasteiger charge is -2.03. The van der Waals surface area contributed by atoms with Crippen LogP contribution in [0, 0.1) is 0 Å². The average molecular weight is 342 g/mol. The van der Waals surface area contributed by atoms with Crippen LogP contribution in [0.4, 0.5) is 0 Å². The van der Waals surface area contributed by atoms with E-state index in [0.29, 0.717) is 17.9 Å². The van der Waals surface area contributed by atoms with Crippen LogP contribution >= 0.6 is 15.9 Å². The number of rotatable bonds is 3. The van der Waals surface area contributed by atoms with Gasteiger partial charge in [0.05, 0.1) is 0 Å². The Morgan fingerprint density at radius 1 is 1.00 bits per heavy atom. The summed E-state index contributed by atoms with van der Waals surface area (Å²) in [5.74, 6) is 0.530. The molecule has 104 valence electrons. The van der Waals surface area contributed by atoms with Gasteiger partial charge in [-0.05, 0) is 17.7 Å². The van der Waals surface area contributed by atoms with Crippen molar-refractivity contribution in [1.29, 1.82) is 0 Å². The molecule has 1 heterocycles. The summed E-state index contributed by atoms with van der Waals surface area (Å²) in [6.45, 7) is 0. The molecule has 0 atom stereocenters. The molecule has 0 amide bonds. The van der Waals surface area contributed by atoms with Gasteiger partial charge in [0, 0.05) is 16.5 Å². The van der Waals surface area contributed by atoms with Crippen LogP contribution in [0.3, 0.4) is 0 Å². The van der Waals surface area contributed by atoms with E-state index < -0.39 is 0 Å². The van der Waals surface area contributed by atoms with Crippen LogP contribution in [-0.4, -0.2) is 15.2 Å². The smallest absolute Gasteiger partial charge is 0.266 e. The summed E-state index contributed by atoms with van der Waals surface area (Å²) in [6.07, 6.45) is 0.477. The van der Waals surface area contributed by atoms with Crippen molar-refractivity contribution in [3.8, 4) is 11.4 Å². The van der Waals surface area contributed by atoms with Crippen molar-refractivity contribution in [3.63, 3.8) is 0 Å². The Bertz CT molecular complexity index is 798. The summed E-state index contributed by atoms with van der Waals surface area (Å²) in [5, 5.41) is 6.53. The van der Waals surface area contributed by atoms with Gasteiger partial charge in [-0.2, -0.15) is 5.10 Å². The minimum absolute atomic E-state index is 0.252. The monoisotopic (exact) mass is 341 g/mol. The molecule has 0 aliphatic rings. The first kappa shape index (κ1) is 13.7. The molecular weight excluding hydrogens is 330 g/mol. The van der Waals surface area contributed by atoms with E-state index in [4.69, 9.17) is 0 Å². The lowest BCUT2D eigenvalue weighted by Crippen LogP contribution is -2.18. The second kappa shape index (κ2) is 6.01. The van der Waals surface area contributed by atoms with Gasteiger partial charge in [0.15, 0.2) is 5.82 Å². The van der Waals surface area contributed by atoms with Gasteiger partial charge in [0.1, 0.15) is 5.69 Å². The maximum atomic E-state index is 11.9. The normalized spacial score (nSPS) is 10.5. The Hall–Kier alpha value is -2.27. The van der Waals surface area contributed by atoms with Crippen molar-refractivity contribution >= 4 is 15.9 Å². The molecule has 21 heavy (non-hydrogen) atoms. The molecule has 5 heteroatoms. The second-order valence-corrected chi connectivity index (χ2v) is 5.52. The van der Waals surface area contributed by atoms with Crippen LogP contribution in [-0.2, 0) is 6.42 Å². The van der Waals surface area contributed by atoms with Gasteiger partial charge in [0.2, 0.25) is 0 Å². The third kappa shape index (κ3) is 3.25. The minimum atomic E-state index is -0.252. The van der Waals surface area contributed by atoms with Crippen molar-refractivity contribution in [2.45, 2.75) is 6.42 Å². The third-order valence-electron chi connectivity index (χ3n) is 3.08. The molecule has 0 aliphatic carbocycles. The van der Waals surface area contributed by atoms with Gasteiger partial charge in [0.25, 0.3) is 5.56 Å².